The monoisotopic (exact) mass is 400 g/mol. The number of hydrogen-bond donors (Lipinski definition) is 2. The first-order valence-electron chi connectivity index (χ1n) is 9.16. The van der Waals surface area contributed by atoms with Gasteiger partial charge in [0, 0.05) is 13.1 Å². The lowest BCUT2D eigenvalue weighted by Crippen LogP contribution is -2.45. The summed E-state index contributed by atoms with van der Waals surface area (Å²) in [5, 5.41) is 18.7. The first-order chi connectivity index (χ1) is 13.9. The molecule has 150 valence electrons. The third-order valence-corrected chi connectivity index (χ3v) is 4.97. The molecule has 3 aromatic carbocycles. The van der Waals surface area contributed by atoms with E-state index in [0.717, 1.165) is 5.56 Å². The van der Waals surface area contributed by atoms with Crippen LogP contribution in [0.25, 0.3) is 10.8 Å². The van der Waals surface area contributed by atoms with Gasteiger partial charge in [-0.1, -0.05) is 71.9 Å². The van der Waals surface area contributed by atoms with Gasteiger partial charge >= 0.3 is 12.0 Å². The van der Waals surface area contributed by atoms with Gasteiger partial charge in [0.15, 0.2) is 0 Å². The smallest absolute Gasteiger partial charge is 0.350 e. The molecule has 2 N–H and O–H groups in total. The molecule has 4 rings (SSSR count). The summed E-state index contributed by atoms with van der Waals surface area (Å²) in [6.45, 7) is 1.31. The number of rotatable bonds is 5. The van der Waals surface area contributed by atoms with Crippen LogP contribution in [0, 0.1) is 0 Å². The Morgan fingerprint density at radius 3 is 2.41 bits per heavy atom. The van der Waals surface area contributed by atoms with Crippen LogP contribution >= 0.6 is 0 Å². The predicted molar refractivity (Wildman–Crippen MR) is 104 cm³/mol. The fourth-order valence-corrected chi connectivity index (χ4v) is 3.33. The van der Waals surface area contributed by atoms with Gasteiger partial charge in [-0.05, 0) is 27.5 Å². The van der Waals surface area contributed by atoms with E-state index in [-0.39, 0.29) is 5.71 Å². The molecular formula is C22H19F3N2O2. The predicted octanol–water partition coefficient (Wildman–Crippen LogP) is 4.50. The van der Waals surface area contributed by atoms with Crippen molar-refractivity contribution in [2.45, 2.75) is 31.5 Å². The summed E-state index contributed by atoms with van der Waals surface area (Å²) >= 11 is 0. The van der Waals surface area contributed by atoms with Crippen molar-refractivity contribution in [3.63, 3.8) is 0 Å². The average molecular weight is 400 g/mol. The van der Waals surface area contributed by atoms with Crippen LogP contribution in [-0.2, 0) is 17.9 Å². The summed E-state index contributed by atoms with van der Waals surface area (Å²) in [5.41, 5.74) is 2.74. The SMILES string of the molecule is OC1(C(F)(F)F)CC(c2ccc(CNCc3cccc4ccccc34)cc2)=NO1. The van der Waals surface area contributed by atoms with Gasteiger partial charge in [-0.2, -0.15) is 13.2 Å². The maximum Gasteiger partial charge on any atom is 0.458 e. The van der Waals surface area contributed by atoms with Crippen molar-refractivity contribution >= 4 is 16.5 Å². The van der Waals surface area contributed by atoms with Gasteiger partial charge in [0.1, 0.15) is 0 Å². The first-order valence-corrected chi connectivity index (χ1v) is 9.16. The third-order valence-electron chi connectivity index (χ3n) is 4.97. The molecule has 29 heavy (non-hydrogen) atoms. The van der Waals surface area contributed by atoms with Crippen molar-refractivity contribution in [2.75, 3.05) is 0 Å². The van der Waals surface area contributed by atoms with E-state index in [9.17, 15) is 18.3 Å². The Hall–Kier alpha value is -2.90. The number of fused-ring (bicyclic) bond motifs is 1. The van der Waals surface area contributed by atoms with Gasteiger partial charge in [-0.25, -0.2) is 0 Å². The molecule has 0 bridgehead atoms. The normalized spacial score (nSPS) is 19.2. The average Bonchev–Trinajstić information content (AvgIpc) is 3.12. The van der Waals surface area contributed by atoms with Crippen molar-refractivity contribution in [3.05, 3.63) is 83.4 Å². The minimum absolute atomic E-state index is 0.0695. The van der Waals surface area contributed by atoms with Crippen LogP contribution in [-0.4, -0.2) is 22.8 Å². The molecule has 0 radical (unpaired) electrons. The van der Waals surface area contributed by atoms with E-state index < -0.39 is 18.4 Å². The highest BCUT2D eigenvalue weighted by Crippen LogP contribution is 2.38. The van der Waals surface area contributed by atoms with Crippen LogP contribution < -0.4 is 5.32 Å². The summed E-state index contributed by atoms with van der Waals surface area (Å²) < 4.78 is 38.5. The maximum atomic E-state index is 12.8. The van der Waals surface area contributed by atoms with Crippen molar-refractivity contribution in [2.24, 2.45) is 5.16 Å². The molecule has 0 aromatic heterocycles. The van der Waals surface area contributed by atoms with Crippen LogP contribution in [0.5, 0.6) is 0 Å². The van der Waals surface area contributed by atoms with E-state index in [2.05, 4.69) is 39.6 Å². The van der Waals surface area contributed by atoms with Gasteiger partial charge in [0.2, 0.25) is 0 Å². The first kappa shape index (κ1) is 19.4. The number of hydrogen-bond acceptors (Lipinski definition) is 4. The minimum Gasteiger partial charge on any atom is -0.350 e. The molecule has 4 nitrogen and oxygen atoms in total. The number of halogens is 3. The minimum atomic E-state index is -4.90. The molecule has 0 aliphatic carbocycles. The van der Waals surface area contributed by atoms with E-state index >= 15 is 0 Å². The zero-order chi connectivity index (χ0) is 20.5. The van der Waals surface area contributed by atoms with Gasteiger partial charge in [0.05, 0.1) is 12.1 Å². The fourth-order valence-electron chi connectivity index (χ4n) is 3.33. The molecule has 1 heterocycles. The summed E-state index contributed by atoms with van der Waals surface area (Å²) in [6, 6.07) is 21.4. The number of nitrogens with zero attached hydrogens (tertiary/aromatic N) is 1. The molecule has 0 fully saturated rings. The lowest BCUT2D eigenvalue weighted by Gasteiger charge is -2.22. The lowest BCUT2D eigenvalue weighted by atomic mass is 10.0. The van der Waals surface area contributed by atoms with Gasteiger partial charge < -0.3 is 15.3 Å². The molecule has 0 amide bonds. The van der Waals surface area contributed by atoms with Crippen LogP contribution in [0.1, 0.15) is 23.1 Å². The highest BCUT2D eigenvalue weighted by Gasteiger charge is 2.60. The molecule has 7 heteroatoms. The fraction of sp³-hybridized carbons (Fsp3) is 0.227. The molecule has 0 spiro atoms. The molecular weight excluding hydrogens is 381 g/mol. The number of benzene rings is 3. The Morgan fingerprint density at radius 1 is 0.966 bits per heavy atom. The van der Waals surface area contributed by atoms with E-state index in [0.29, 0.717) is 18.7 Å². The van der Waals surface area contributed by atoms with E-state index in [1.165, 1.54) is 16.3 Å². The number of nitrogens with one attached hydrogen (secondary N) is 1. The van der Waals surface area contributed by atoms with Crippen molar-refractivity contribution in [3.8, 4) is 0 Å². The summed E-state index contributed by atoms with van der Waals surface area (Å²) in [6.07, 6.45) is -5.63. The molecule has 1 atom stereocenters. The molecule has 1 unspecified atom stereocenters. The van der Waals surface area contributed by atoms with Gasteiger partial charge in [-0.15, -0.1) is 0 Å². The van der Waals surface area contributed by atoms with Crippen molar-refractivity contribution in [1.82, 2.24) is 5.32 Å². The highest BCUT2D eigenvalue weighted by molar-refractivity contribution is 6.01. The van der Waals surface area contributed by atoms with E-state index in [4.69, 9.17) is 0 Å². The summed E-state index contributed by atoms with van der Waals surface area (Å²) in [7, 11) is 0. The summed E-state index contributed by atoms with van der Waals surface area (Å²) in [5.74, 6) is -3.25. The van der Waals surface area contributed by atoms with Crippen molar-refractivity contribution < 1.29 is 23.1 Å². The second-order valence-electron chi connectivity index (χ2n) is 7.03. The Balaban J connectivity index is 1.37. The Kier molecular flexibility index (Phi) is 5.02. The second kappa shape index (κ2) is 7.50. The summed E-state index contributed by atoms with van der Waals surface area (Å²) in [4.78, 5) is 4.26. The highest BCUT2D eigenvalue weighted by atomic mass is 19.4. The van der Waals surface area contributed by atoms with Gasteiger partial charge in [0.25, 0.3) is 0 Å². The van der Waals surface area contributed by atoms with Crippen LogP contribution in [0.3, 0.4) is 0 Å². The van der Waals surface area contributed by atoms with E-state index in [1.807, 2.05) is 30.3 Å². The lowest BCUT2D eigenvalue weighted by molar-refractivity contribution is -0.355. The Morgan fingerprint density at radius 2 is 1.69 bits per heavy atom. The number of alkyl halides is 3. The number of oxime groups is 1. The molecule has 3 aromatic rings. The van der Waals surface area contributed by atoms with Crippen LogP contribution in [0.2, 0.25) is 0 Å². The van der Waals surface area contributed by atoms with E-state index in [1.54, 1.807) is 12.1 Å². The van der Waals surface area contributed by atoms with Crippen LogP contribution in [0.15, 0.2) is 71.9 Å². The third kappa shape index (κ3) is 3.97. The zero-order valence-corrected chi connectivity index (χ0v) is 15.4. The topological polar surface area (TPSA) is 53.8 Å². The second-order valence-corrected chi connectivity index (χ2v) is 7.03. The van der Waals surface area contributed by atoms with Crippen LogP contribution in [0.4, 0.5) is 13.2 Å². The van der Waals surface area contributed by atoms with Crippen molar-refractivity contribution in [1.29, 1.82) is 0 Å². The number of aliphatic hydroxyl groups is 1. The Bertz CT molecular complexity index is 1040. The van der Waals surface area contributed by atoms with Gasteiger partial charge in [-0.3, -0.25) is 0 Å². The molecule has 1 aliphatic rings. The molecule has 0 saturated carbocycles. The Labute approximate surface area is 165 Å². The largest absolute Gasteiger partial charge is 0.458 e. The quantitative estimate of drug-likeness (QED) is 0.663. The molecule has 1 aliphatic heterocycles. The maximum absolute atomic E-state index is 12.8. The zero-order valence-electron chi connectivity index (χ0n) is 15.4. The standard InChI is InChI=1S/C22H19F3N2O2/c23-22(24,25)21(28)12-20(27-29-21)17-10-8-15(9-11-17)13-26-14-18-6-3-5-16-4-1-2-7-19(16)18/h1-11,26,28H,12-14H2. The molecule has 0 saturated heterocycles.